The highest BCUT2D eigenvalue weighted by Crippen LogP contribution is 2.35. The van der Waals surface area contributed by atoms with Crippen LogP contribution in [0.25, 0.3) is 22.3 Å². The Kier molecular flexibility index (Phi) is 4.01. The number of nitrogens with zero attached hydrogens (tertiary/aromatic N) is 1. The molecule has 0 radical (unpaired) electrons. The first-order chi connectivity index (χ1) is 11.1. The molecule has 0 spiro atoms. The normalized spacial score (nSPS) is 10.3. The van der Waals surface area contributed by atoms with Crippen LogP contribution in [0.2, 0.25) is 5.02 Å². The smallest absolute Gasteiger partial charge is 0.266 e. The van der Waals surface area contributed by atoms with Crippen LogP contribution in [0, 0.1) is 18.3 Å². The molecule has 0 unspecified atom stereocenters. The van der Waals surface area contributed by atoms with Crippen LogP contribution in [0.3, 0.4) is 0 Å². The number of nitrogens with one attached hydrogen (secondary N) is 1. The van der Waals surface area contributed by atoms with Gasteiger partial charge in [0.15, 0.2) is 0 Å². The first-order valence-corrected chi connectivity index (χ1v) is 7.48. The van der Waals surface area contributed by atoms with Gasteiger partial charge in [-0.15, -0.1) is 0 Å². The van der Waals surface area contributed by atoms with Crippen molar-refractivity contribution in [2.45, 2.75) is 6.92 Å². The molecule has 0 fully saturated rings. The largest absolute Gasteiger partial charge is 0.325 e. The van der Waals surface area contributed by atoms with E-state index in [1.165, 1.54) is 0 Å². The summed E-state index contributed by atoms with van der Waals surface area (Å²) >= 11 is 5.96. The molecule has 1 aromatic heterocycles. The highest BCUT2D eigenvalue weighted by Gasteiger charge is 2.18. The Morgan fingerprint density at radius 2 is 1.57 bits per heavy atom. The molecule has 2 aromatic carbocycles. The molecule has 0 atom stereocenters. The number of pyridine rings is 1. The van der Waals surface area contributed by atoms with Crippen molar-refractivity contribution in [3.05, 3.63) is 81.2 Å². The van der Waals surface area contributed by atoms with Gasteiger partial charge in [-0.25, -0.2) is 0 Å². The van der Waals surface area contributed by atoms with Crippen molar-refractivity contribution in [2.75, 3.05) is 0 Å². The average Bonchev–Trinajstić information content (AvgIpc) is 2.56. The van der Waals surface area contributed by atoms with Crippen LogP contribution < -0.4 is 5.56 Å². The number of aromatic nitrogens is 1. The summed E-state index contributed by atoms with van der Waals surface area (Å²) in [6.45, 7) is 1.84. The summed E-state index contributed by atoms with van der Waals surface area (Å²) in [6, 6.07) is 18.9. The van der Waals surface area contributed by atoms with Gasteiger partial charge in [0.2, 0.25) is 0 Å². The average molecular weight is 321 g/mol. The van der Waals surface area contributed by atoms with Crippen LogP contribution >= 0.6 is 11.6 Å². The first-order valence-electron chi connectivity index (χ1n) is 7.10. The molecule has 3 nitrogen and oxygen atoms in total. The van der Waals surface area contributed by atoms with Gasteiger partial charge in [0.1, 0.15) is 11.6 Å². The van der Waals surface area contributed by atoms with Gasteiger partial charge >= 0.3 is 0 Å². The summed E-state index contributed by atoms with van der Waals surface area (Å²) < 4.78 is 0. The molecule has 1 N–H and O–H groups in total. The summed E-state index contributed by atoms with van der Waals surface area (Å²) in [6.07, 6.45) is 0. The number of nitriles is 1. The fourth-order valence-corrected chi connectivity index (χ4v) is 2.82. The lowest BCUT2D eigenvalue weighted by Crippen LogP contribution is -2.14. The Balaban J connectivity index is 2.42. The first kappa shape index (κ1) is 15.1. The van der Waals surface area contributed by atoms with Crippen molar-refractivity contribution in [1.29, 1.82) is 5.26 Å². The quantitative estimate of drug-likeness (QED) is 0.753. The number of rotatable bonds is 2. The molecule has 4 heteroatoms. The number of hydrogen-bond donors (Lipinski definition) is 1. The van der Waals surface area contributed by atoms with Crippen LogP contribution in [0.4, 0.5) is 0 Å². The monoisotopic (exact) mass is 320 g/mol. The van der Waals surface area contributed by atoms with Crippen LogP contribution in [0.5, 0.6) is 0 Å². The molecule has 0 saturated heterocycles. The van der Waals surface area contributed by atoms with Crippen LogP contribution in [-0.4, -0.2) is 4.98 Å². The Labute approximate surface area is 138 Å². The van der Waals surface area contributed by atoms with E-state index in [9.17, 15) is 10.1 Å². The second-order valence-electron chi connectivity index (χ2n) is 5.19. The lowest BCUT2D eigenvalue weighted by atomic mass is 9.90. The van der Waals surface area contributed by atoms with Crippen molar-refractivity contribution in [1.82, 2.24) is 4.98 Å². The summed E-state index contributed by atoms with van der Waals surface area (Å²) in [5, 5.41) is 10.1. The summed E-state index contributed by atoms with van der Waals surface area (Å²) in [5.74, 6) is 0. The number of hydrogen-bond acceptors (Lipinski definition) is 2. The second kappa shape index (κ2) is 6.12. The van der Waals surface area contributed by atoms with Crippen LogP contribution in [0.1, 0.15) is 11.3 Å². The van der Waals surface area contributed by atoms with Gasteiger partial charge in [0, 0.05) is 21.8 Å². The number of aryl methyl sites for hydroxylation is 1. The van der Waals surface area contributed by atoms with E-state index in [1.807, 2.05) is 55.5 Å². The van der Waals surface area contributed by atoms with Crippen LogP contribution in [-0.2, 0) is 0 Å². The lowest BCUT2D eigenvalue weighted by Gasteiger charge is -2.14. The molecule has 0 amide bonds. The fourth-order valence-electron chi connectivity index (χ4n) is 2.70. The third-order valence-corrected chi connectivity index (χ3v) is 3.96. The van der Waals surface area contributed by atoms with Gasteiger partial charge in [-0.1, -0.05) is 54.1 Å². The maximum absolute atomic E-state index is 12.2. The van der Waals surface area contributed by atoms with E-state index in [0.717, 1.165) is 22.4 Å². The predicted octanol–water partition coefficient (Wildman–Crippen LogP) is 4.54. The molecule has 0 saturated carbocycles. The van der Waals surface area contributed by atoms with Gasteiger partial charge in [-0.3, -0.25) is 4.79 Å². The number of benzene rings is 2. The minimum Gasteiger partial charge on any atom is -0.325 e. The highest BCUT2D eigenvalue weighted by molar-refractivity contribution is 6.30. The Morgan fingerprint density at radius 1 is 0.957 bits per heavy atom. The maximum atomic E-state index is 12.2. The van der Waals surface area contributed by atoms with E-state index >= 15 is 0 Å². The predicted molar refractivity (Wildman–Crippen MR) is 92.4 cm³/mol. The topological polar surface area (TPSA) is 56.6 Å². The molecule has 0 aliphatic carbocycles. The van der Waals surface area contributed by atoms with E-state index in [2.05, 4.69) is 4.98 Å². The SMILES string of the molecule is Cc1[nH]c(=O)c(C#N)c(-c2ccc(Cl)cc2)c1-c1ccccc1. The molecule has 112 valence electrons. The molecule has 23 heavy (non-hydrogen) atoms. The molecule has 0 bridgehead atoms. The van der Waals surface area contributed by atoms with Crippen molar-refractivity contribution < 1.29 is 0 Å². The molecule has 1 heterocycles. The van der Waals surface area contributed by atoms with Gasteiger partial charge in [-0.2, -0.15) is 5.26 Å². The molecular formula is C19H13ClN2O. The third kappa shape index (κ3) is 2.77. The minimum absolute atomic E-state index is 0.108. The minimum atomic E-state index is -0.380. The van der Waals surface area contributed by atoms with Gasteiger partial charge in [0.05, 0.1) is 0 Å². The standard InChI is InChI=1S/C19H13ClN2O/c1-12-17(13-5-3-2-4-6-13)18(16(11-21)19(23)22-12)14-7-9-15(20)10-8-14/h2-10H,1H3,(H,22,23). The Hall–Kier alpha value is -2.83. The Bertz CT molecular complexity index is 952. The van der Waals surface area contributed by atoms with Crippen molar-refractivity contribution in [3.8, 4) is 28.3 Å². The Morgan fingerprint density at radius 3 is 2.17 bits per heavy atom. The molecule has 0 aliphatic heterocycles. The van der Waals surface area contributed by atoms with Gasteiger partial charge < -0.3 is 4.98 Å². The van der Waals surface area contributed by atoms with E-state index in [4.69, 9.17) is 11.6 Å². The van der Waals surface area contributed by atoms with Crippen molar-refractivity contribution in [3.63, 3.8) is 0 Å². The summed E-state index contributed by atoms with van der Waals surface area (Å²) in [5.41, 5.74) is 3.68. The summed E-state index contributed by atoms with van der Waals surface area (Å²) in [4.78, 5) is 15.0. The van der Waals surface area contributed by atoms with E-state index in [1.54, 1.807) is 12.1 Å². The molecule has 3 aromatic rings. The van der Waals surface area contributed by atoms with E-state index in [-0.39, 0.29) is 11.1 Å². The van der Waals surface area contributed by atoms with Gasteiger partial charge in [0.25, 0.3) is 5.56 Å². The number of halogens is 1. The molecule has 0 aliphatic rings. The van der Waals surface area contributed by atoms with Gasteiger partial charge in [-0.05, 0) is 30.2 Å². The lowest BCUT2D eigenvalue weighted by molar-refractivity contribution is 1.13. The zero-order chi connectivity index (χ0) is 16.4. The van der Waals surface area contributed by atoms with Crippen molar-refractivity contribution >= 4 is 11.6 Å². The van der Waals surface area contributed by atoms with E-state index in [0.29, 0.717) is 10.6 Å². The molecular weight excluding hydrogens is 308 g/mol. The van der Waals surface area contributed by atoms with E-state index < -0.39 is 0 Å². The fraction of sp³-hybridized carbons (Fsp3) is 0.0526. The summed E-state index contributed by atoms with van der Waals surface area (Å²) in [7, 11) is 0. The number of H-pyrrole nitrogens is 1. The van der Waals surface area contributed by atoms with Crippen LogP contribution in [0.15, 0.2) is 59.4 Å². The number of aromatic amines is 1. The second-order valence-corrected chi connectivity index (χ2v) is 5.63. The maximum Gasteiger partial charge on any atom is 0.266 e. The highest BCUT2D eigenvalue weighted by atomic mass is 35.5. The zero-order valence-corrected chi connectivity index (χ0v) is 13.2. The molecule has 3 rings (SSSR count). The van der Waals surface area contributed by atoms with Crippen molar-refractivity contribution in [2.24, 2.45) is 0 Å². The third-order valence-electron chi connectivity index (χ3n) is 3.71. The zero-order valence-electron chi connectivity index (χ0n) is 12.4.